The molecule has 0 aromatic rings. The maximum absolute atomic E-state index is 11.5. The molecule has 0 aromatic carbocycles. The number of carboxylic acid groups (broad SMARTS) is 1. The number of nitrogens with two attached hydrogens (primary N) is 1. The Hall–Kier alpha value is -0.710. The molecule has 0 aliphatic heterocycles. The molecule has 0 aliphatic rings. The average molecular weight is 507 g/mol. The zero-order chi connectivity index (χ0) is 21.0. The minimum atomic E-state index is -0.840. The van der Waals surface area contributed by atoms with Gasteiger partial charge in [-0.1, -0.05) is 31.9 Å². The van der Waals surface area contributed by atoms with Crippen LogP contribution in [0, 0.1) is 5.92 Å². The van der Waals surface area contributed by atoms with Crippen molar-refractivity contribution in [1.29, 1.82) is 0 Å². The van der Waals surface area contributed by atoms with E-state index in [1.54, 1.807) is 34.6 Å². The second-order valence-electron chi connectivity index (χ2n) is 6.32. The number of rotatable bonds is 10. The summed E-state index contributed by atoms with van der Waals surface area (Å²) in [5, 5.41) is 8.20. The van der Waals surface area contributed by atoms with E-state index < -0.39 is 32.5 Å². The van der Waals surface area contributed by atoms with Gasteiger partial charge in [0.15, 0.2) is 0 Å². The molecular weight excluding hydrogens is 478 g/mol. The number of carbonyl (C=O) groups is 3. The maximum atomic E-state index is 11.5. The fourth-order valence-corrected chi connectivity index (χ4v) is 1.08. The third-order valence-corrected chi connectivity index (χ3v) is 3.26. The van der Waals surface area contributed by atoms with Gasteiger partial charge in [0.25, 0.3) is 0 Å². The van der Waals surface area contributed by atoms with Gasteiger partial charge in [-0.2, -0.15) is 0 Å². The highest BCUT2D eigenvalue weighted by Crippen LogP contribution is 2.18. The Morgan fingerprint density at radius 3 is 1.88 bits per heavy atom. The summed E-state index contributed by atoms with van der Waals surface area (Å²) in [5.74, 6) is -2.18. The summed E-state index contributed by atoms with van der Waals surface area (Å²) >= 11 is 6.12. The first-order valence-corrected chi connectivity index (χ1v) is 9.55. The summed E-state index contributed by atoms with van der Waals surface area (Å²) in [6, 6.07) is 0. The quantitative estimate of drug-likeness (QED) is 0.262. The molecule has 1 unspecified atom stereocenters. The van der Waals surface area contributed by atoms with Crippen molar-refractivity contribution in [2.75, 3.05) is 33.0 Å². The number of ether oxygens (including phenoxy) is 3. The highest BCUT2D eigenvalue weighted by atomic mass is 79.9. The summed E-state index contributed by atoms with van der Waals surface area (Å²) in [7, 11) is 0. The molecule has 0 spiro atoms. The van der Waals surface area contributed by atoms with Crippen LogP contribution in [0.2, 0.25) is 0 Å². The monoisotopic (exact) mass is 505 g/mol. The van der Waals surface area contributed by atoms with Crippen molar-refractivity contribution in [3.05, 3.63) is 0 Å². The van der Waals surface area contributed by atoms with Crippen LogP contribution in [0.4, 0.5) is 0 Å². The summed E-state index contributed by atoms with van der Waals surface area (Å²) in [4.78, 5) is 33.0. The standard InChI is InChI=1S/C12H22BrNO5.C4H7BrO2/c1-9(8-19-11(16)12(2,3)13)10(15)18-7-6-17-5-4-14;1-4(2,5)3(6)7/h9H,4-8,14H2,1-3H3;1-2H3,(H,6,7). The van der Waals surface area contributed by atoms with E-state index in [0.717, 1.165) is 0 Å². The van der Waals surface area contributed by atoms with Crippen LogP contribution in [0.1, 0.15) is 34.6 Å². The molecule has 0 saturated heterocycles. The van der Waals surface area contributed by atoms with Crippen LogP contribution in [-0.2, 0) is 28.6 Å². The number of alkyl halides is 2. The molecule has 0 fully saturated rings. The molecule has 154 valence electrons. The fourth-order valence-electron chi connectivity index (χ4n) is 0.969. The Bertz CT molecular complexity index is 445. The second-order valence-corrected chi connectivity index (χ2v) is 10.3. The number of carbonyl (C=O) groups excluding carboxylic acids is 2. The molecular formula is C16H29Br2NO7. The molecule has 0 aliphatic carbocycles. The predicted octanol–water partition coefficient (Wildman–Crippen LogP) is 2.10. The van der Waals surface area contributed by atoms with Gasteiger partial charge in [0.05, 0.1) is 19.1 Å². The molecule has 3 N–H and O–H groups in total. The fraction of sp³-hybridized carbons (Fsp3) is 0.812. The Kier molecular flexibility index (Phi) is 14.2. The first-order valence-electron chi connectivity index (χ1n) is 7.96. The van der Waals surface area contributed by atoms with Crippen LogP contribution in [0.25, 0.3) is 0 Å². The number of halogens is 2. The van der Waals surface area contributed by atoms with Crippen LogP contribution in [-0.4, -0.2) is 64.6 Å². The third kappa shape index (κ3) is 15.5. The van der Waals surface area contributed by atoms with Crippen molar-refractivity contribution in [3.63, 3.8) is 0 Å². The van der Waals surface area contributed by atoms with E-state index in [1.165, 1.54) is 0 Å². The molecule has 0 amide bonds. The number of hydrogen-bond donors (Lipinski definition) is 2. The van der Waals surface area contributed by atoms with Crippen molar-refractivity contribution in [2.24, 2.45) is 11.7 Å². The predicted molar refractivity (Wildman–Crippen MR) is 105 cm³/mol. The van der Waals surface area contributed by atoms with Gasteiger partial charge in [0.2, 0.25) is 0 Å². The summed E-state index contributed by atoms with van der Waals surface area (Å²) in [5.41, 5.74) is 5.24. The average Bonchev–Trinajstić information content (AvgIpc) is 2.50. The minimum Gasteiger partial charge on any atom is -0.480 e. The van der Waals surface area contributed by atoms with Gasteiger partial charge in [-0.3, -0.25) is 14.4 Å². The van der Waals surface area contributed by atoms with Crippen molar-refractivity contribution >= 4 is 49.8 Å². The van der Waals surface area contributed by atoms with Crippen molar-refractivity contribution < 1.29 is 33.7 Å². The molecule has 1 atom stereocenters. The SMILES string of the molecule is CC(C)(Br)C(=O)O.CC(COC(=O)C(C)(C)Br)C(=O)OCCOCCN. The van der Waals surface area contributed by atoms with E-state index in [9.17, 15) is 14.4 Å². The van der Waals surface area contributed by atoms with Crippen LogP contribution in [0.3, 0.4) is 0 Å². The number of hydrogen-bond acceptors (Lipinski definition) is 7. The Morgan fingerprint density at radius 1 is 1.00 bits per heavy atom. The van der Waals surface area contributed by atoms with Gasteiger partial charge in [0.1, 0.15) is 21.9 Å². The molecule has 0 saturated carbocycles. The highest BCUT2D eigenvalue weighted by Gasteiger charge is 2.27. The van der Waals surface area contributed by atoms with Crippen molar-refractivity contribution in [1.82, 2.24) is 0 Å². The van der Waals surface area contributed by atoms with Gasteiger partial charge < -0.3 is 25.1 Å². The van der Waals surface area contributed by atoms with E-state index in [4.69, 9.17) is 25.1 Å². The Morgan fingerprint density at radius 2 is 1.50 bits per heavy atom. The first-order chi connectivity index (χ1) is 11.7. The van der Waals surface area contributed by atoms with E-state index in [1.807, 2.05) is 0 Å². The minimum absolute atomic E-state index is 0.00362. The Balaban J connectivity index is 0. The zero-order valence-corrected chi connectivity index (χ0v) is 19.0. The molecule has 0 bridgehead atoms. The lowest BCUT2D eigenvalue weighted by atomic mass is 10.2. The van der Waals surface area contributed by atoms with Gasteiger partial charge in [-0.05, 0) is 34.6 Å². The lowest BCUT2D eigenvalue weighted by Crippen LogP contribution is -2.30. The maximum Gasteiger partial charge on any atom is 0.322 e. The lowest BCUT2D eigenvalue weighted by Gasteiger charge is -2.17. The van der Waals surface area contributed by atoms with Gasteiger partial charge >= 0.3 is 17.9 Å². The third-order valence-electron chi connectivity index (χ3n) is 2.59. The van der Waals surface area contributed by atoms with E-state index in [-0.39, 0.29) is 13.2 Å². The Labute approximate surface area is 171 Å². The largest absolute Gasteiger partial charge is 0.480 e. The number of aliphatic carboxylic acids is 1. The lowest BCUT2D eigenvalue weighted by molar-refractivity contribution is -0.156. The summed E-state index contributed by atoms with van der Waals surface area (Å²) in [6.45, 7) is 9.48. The van der Waals surface area contributed by atoms with Crippen molar-refractivity contribution in [3.8, 4) is 0 Å². The number of esters is 2. The molecule has 26 heavy (non-hydrogen) atoms. The van der Waals surface area contributed by atoms with Gasteiger partial charge in [0, 0.05) is 6.54 Å². The molecule has 0 aromatic heterocycles. The van der Waals surface area contributed by atoms with E-state index in [2.05, 4.69) is 31.9 Å². The second kappa shape index (κ2) is 13.5. The molecule has 0 rings (SSSR count). The van der Waals surface area contributed by atoms with E-state index in [0.29, 0.717) is 19.8 Å². The van der Waals surface area contributed by atoms with Gasteiger partial charge in [-0.15, -0.1) is 0 Å². The highest BCUT2D eigenvalue weighted by molar-refractivity contribution is 9.10. The smallest absolute Gasteiger partial charge is 0.322 e. The first kappa shape index (κ1) is 27.5. The van der Waals surface area contributed by atoms with Crippen LogP contribution < -0.4 is 5.73 Å². The summed E-state index contributed by atoms with van der Waals surface area (Å²) in [6.07, 6.45) is 0. The van der Waals surface area contributed by atoms with Crippen molar-refractivity contribution in [2.45, 2.75) is 43.3 Å². The van der Waals surface area contributed by atoms with Gasteiger partial charge in [-0.25, -0.2) is 0 Å². The van der Waals surface area contributed by atoms with Crippen LogP contribution in [0.5, 0.6) is 0 Å². The van der Waals surface area contributed by atoms with Crippen LogP contribution >= 0.6 is 31.9 Å². The summed E-state index contributed by atoms with van der Waals surface area (Å²) < 4.78 is 13.5. The number of carboxylic acids is 1. The molecule has 0 radical (unpaired) electrons. The molecule has 8 nitrogen and oxygen atoms in total. The van der Waals surface area contributed by atoms with Crippen LogP contribution in [0.15, 0.2) is 0 Å². The molecule has 10 heteroatoms. The molecule has 0 heterocycles. The van der Waals surface area contributed by atoms with E-state index >= 15 is 0 Å². The zero-order valence-electron chi connectivity index (χ0n) is 15.8. The topological polar surface area (TPSA) is 125 Å². The normalized spacial score (nSPS) is 12.5.